The van der Waals surface area contributed by atoms with Gasteiger partial charge in [0.1, 0.15) is 0 Å². The third-order valence-electron chi connectivity index (χ3n) is 4.03. The number of aliphatic hydroxyl groups is 1. The Bertz CT molecular complexity index is 818. The van der Waals surface area contributed by atoms with Crippen LogP contribution in [0.15, 0.2) is 47.4 Å². The summed E-state index contributed by atoms with van der Waals surface area (Å²) < 4.78 is 37.6. The van der Waals surface area contributed by atoms with Gasteiger partial charge in [0.25, 0.3) is 0 Å². The first kappa shape index (κ1) is 20.2. The van der Waals surface area contributed by atoms with Gasteiger partial charge >= 0.3 is 0 Å². The number of ether oxygens (including phenoxy) is 2. The van der Waals surface area contributed by atoms with Gasteiger partial charge in [0.2, 0.25) is 10.0 Å². The van der Waals surface area contributed by atoms with E-state index in [4.69, 9.17) is 9.47 Å². The van der Waals surface area contributed by atoms with E-state index < -0.39 is 16.1 Å². The van der Waals surface area contributed by atoms with Crippen LogP contribution in [0.1, 0.15) is 30.6 Å². The highest BCUT2D eigenvalue weighted by Crippen LogP contribution is 2.29. The summed E-state index contributed by atoms with van der Waals surface area (Å²) in [6.07, 6.45) is 0.900. The van der Waals surface area contributed by atoms with Crippen LogP contribution in [0, 0.1) is 0 Å². The molecule has 0 aromatic heterocycles. The fourth-order valence-corrected chi connectivity index (χ4v) is 3.61. The molecule has 0 heterocycles. The Morgan fingerprint density at radius 2 is 1.69 bits per heavy atom. The Kier molecular flexibility index (Phi) is 7.02. The first-order valence-corrected chi connectivity index (χ1v) is 9.88. The Morgan fingerprint density at radius 3 is 2.27 bits per heavy atom. The molecule has 0 amide bonds. The molecule has 0 spiro atoms. The smallest absolute Gasteiger partial charge is 0.240 e. The molecule has 0 aliphatic rings. The predicted molar refractivity (Wildman–Crippen MR) is 100 cm³/mol. The molecule has 0 bridgehead atoms. The summed E-state index contributed by atoms with van der Waals surface area (Å²) in [7, 11) is -0.669. The maximum Gasteiger partial charge on any atom is 0.240 e. The van der Waals surface area contributed by atoms with Crippen molar-refractivity contribution in [2.45, 2.75) is 30.8 Å². The molecule has 2 aromatic rings. The highest BCUT2D eigenvalue weighted by Gasteiger charge is 2.18. The van der Waals surface area contributed by atoms with Crippen LogP contribution in [0.5, 0.6) is 11.5 Å². The monoisotopic (exact) mass is 379 g/mol. The molecular weight excluding hydrogens is 354 g/mol. The van der Waals surface area contributed by atoms with Crippen LogP contribution in [0.4, 0.5) is 0 Å². The summed E-state index contributed by atoms with van der Waals surface area (Å²) in [5, 5.41) is 10.3. The van der Waals surface area contributed by atoms with E-state index >= 15 is 0 Å². The zero-order chi connectivity index (χ0) is 19.2. The first-order valence-electron chi connectivity index (χ1n) is 8.40. The maximum absolute atomic E-state index is 12.4. The Labute approximate surface area is 154 Å². The van der Waals surface area contributed by atoms with Crippen molar-refractivity contribution in [3.05, 3.63) is 53.6 Å². The van der Waals surface area contributed by atoms with Crippen LogP contribution in [0.2, 0.25) is 0 Å². The second-order valence-electron chi connectivity index (χ2n) is 5.88. The van der Waals surface area contributed by atoms with E-state index in [0.717, 1.165) is 18.4 Å². The van der Waals surface area contributed by atoms with Gasteiger partial charge in [-0.3, -0.25) is 0 Å². The molecule has 0 saturated heterocycles. The van der Waals surface area contributed by atoms with Crippen molar-refractivity contribution >= 4 is 10.0 Å². The fourth-order valence-electron chi connectivity index (χ4n) is 2.57. The fraction of sp³-hybridized carbons (Fsp3) is 0.368. The number of nitrogens with one attached hydrogen (secondary N) is 1. The number of hydrogen-bond donors (Lipinski definition) is 2. The van der Waals surface area contributed by atoms with E-state index in [0.29, 0.717) is 17.1 Å². The third kappa shape index (κ3) is 4.97. The van der Waals surface area contributed by atoms with Crippen LogP contribution >= 0.6 is 0 Å². The Morgan fingerprint density at radius 1 is 1.04 bits per heavy atom. The van der Waals surface area contributed by atoms with E-state index in [-0.39, 0.29) is 11.4 Å². The summed E-state index contributed by atoms with van der Waals surface area (Å²) in [6, 6.07) is 11.7. The summed E-state index contributed by atoms with van der Waals surface area (Å²) in [5.74, 6) is 1.01. The van der Waals surface area contributed by atoms with E-state index in [9.17, 15) is 13.5 Å². The van der Waals surface area contributed by atoms with Crippen molar-refractivity contribution in [3.8, 4) is 11.5 Å². The molecule has 7 heteroatoms. The summed E-state index contributed by atoms with van der Waals surface area (Å²) >= 11 is 0. The lowest BCUT2D eigenvalue weighted by atomic mass is 10.1. The molecule has 0 radical (unpaired) electrons. The molecule has 0 aliphatic heterocycles. The van der Waals surface area contributed by atoms with E-state index in [1.54, 1.807) is 30.3 Å². The van der Waals surface area contributed by atoms with Crippen LogP contribution in [0.3, 0.4) is 0 Å². The largest absolute Gasteiger partial charge is 0.493 e. The number of aryl methyl sites for hydroxylation is 1. The lowest BCUT2D eigenvalue weighted by molar-refractivity contribution is 0.181. The maximum atomic E-state index is 12.4. The predicted octanol–water partition coefficient (Wildman–Crippen LogP) is 2.67. The van der Waals surface area contributed by atoms with Gasteiger partial charge in [-0.25, -0.2) is 13.1 Å². The minimum atomic E-state index is -3.69. The quantitative estimate of drug-likeness (QED) is 0.700. The number of methoxy groups -OCH3 is 2. The molecule has 0 aliphatic carbocycles. The lowest BCUT2D eigenvalue weighted by Crippen LogP contribution is -2.28. The van der Waals surface area contributed by atoms with Gasteiger partial charge in [-0.1, -0.05) is 31.5 Å². The van der Waals surface area contributed by atoms with Gasteiger partial charge in [-0.05, 0) is 41.8 Å². The average Bonchev–Trinajstić information content (AvgIpc) is 2.66. The van der Waals surface area contributed by atoms with Gasteiger partial charge < -0.3 is 14.6 Å². The van der Waals surface area contributed by atoms with Crippen molar-refractivity contribution < 1.29 is 23.0 Å². The molecule has 2 rings (SSSR count). The molecule has 2 aromatic carbocycles. The molecule has 1 unspecified atom stereocenters. The highest BCUT2D eigenvalue weighted by molar-refractivity contribution is 7.89. The van der Waals surface area contributed by atoms with Gasteiger partial charge in [0.15, 0.2) is 11.5 Å². The van der Waals surface area contributed by atoms with Crippen LogP contribution in [-0.4, -0.2) is 34.3 Å². The first-order chi connectivity index (χ1) is 12.4. The number of hydrogen-bond acceptors (Lipinski definition) is 5. The third-order valence-corrected chi connectivity index (χ3v) is 5.47. The van der Waals surface area contributed by atoms with Crippen LogP contribution < -0.4 is 14.2 Å². The molecule has 142 valence electrons. The summed E-state index contributed by atoms with van der Waals surface area (Å²) in [4.78, 5) is 0.178. The Balaban J connectivity index is 2.06. The van der Waals surface area contributed by atoms with Crippen LogP contribution in [0.25, 0.3) is 0 Å². The number of aliphatic hydroxyl groups excluding tert-OH is 1. The standard InChI is InChI=1S/C19H25NO5S/c1-4-5-14-6-9-16(10-7-14)26(22,23)20-13-17(21)15-8-11-18(24-2)19(12-15)25-3/h6-12,17,20-21H,4-5,13H2,1-3H3. The van der Waals surface area contributed by atoms with Gasteiger partial charge in [0.05, 0.1) is 25.2 Å². The average molecular weight is 379 g/mol. The zero-order valence-corrected chi connectivity index (χ0v) is 16.0. The second kappa shape index (κ2) is 9.02. The number of sulfonamides is 1. The highest BCUT2D eigenvalue weighted by atomic mass is 32.2. The van der Waals surface area contributed by atoms with Gasteiger partial charge in [-0.2, -0.15) is 0 Å². The molecule has 6 nitrogen and oxygen atoms in total. The zero-order valence-electron chi connectivity index (χ0n) is 15.2. The van der Waals surface area contributed by atoms with Crippen molar-refractivity contribution in [2.24, 2.45) is 0 Å². The van der Waals surface area contributed by atoms with E-state index in [2.05, 4.69) is 11.6 Å². The molecule has 2 N–H and O–H groups in total. The van der Waals surface area contributed by atoms with Gasteiger partial charge in [0, 0.05) is 6.54 Å². The van der Waals surface area contributed by atoms with Crippen molar-refractivity contribution in [1.29, 1.82) is 0 Å². The molecule has 0 saturated carbocycles. The lowest BCUT2D eigenvalue weighted by Gasteiger charge is -2.15. The Hall–Kier alpha value is -2.09. The van der Waals surface area contributed by atoms with Crippen molar-refractivity contribution in [3.63, 3.8) is 0 Å². The van der Waals surface area contributed by atoms with Crippen LogP contribution in [-0.2, 0) is 16.4 Å². The number of rotatable bonds is 9. The molecule has 26 heavy (non-hydrogen) atoms. The second-order valence-corrected chi connectivity index (χ2v) is 7.64. The molecular formula is C19H25NO5S. The molecule has 0 fully saturated rings. The van der Waals surface area contributed by atoms with E-state index in [1.807, 2.05) is 12.1 Å². The summed E-state index contributed by atoms with van der Waals surface area (Å²) in [6.45, 7) is 1.93. The topological polar surface area (TPSA) is 84.9 Å². The number of benzene rings is 2. The minimum Gasteiger partial charge on any atom is -0.493 e. The van der Waals surface area contributed by atoms with Crippen molar-refractivity contribution in [2.75, 3.05) is 20.8 Å². The normalized spacial score (nSPS) is 12.6. The minimum absolute atomic E-state index is 0.144. The van der Waals surface area contributed by atoms with E-state index in [1.165, 1.54) is 14.2 Å². The summed E-state index contributed by atoms with van der Waals surface area (Å²) in [5.41, 5.74) is 1.63. The van der Waals surface area contributed by atoms with Gasteiger partial charge in [-0.15, -0.1) is 0 Å². The SMILES string of the molecule is CCCc1ccc(S(=O)(=O)NCC(O)c2ccc(OC)c(OC)c2)cc1. The van der Waals surface area contributed by atoms with Crippen molar-refractivity contribution in [1.82, 2.24) is 4.72 Å². The molecule has 1 atom stereocenters.